The lowest BCUT2D eigenvalue weighted by Gasteiger charge is -2.55. The maximum absolute atomic E-state index is 11.8. The standard InChI is InChI=1S/C16H23NO4/c1-5-10-6-11-8-16(9-17(20)21,12(11)7-10)13(14(18)19)15(2,3)4/h5,7,11-13H,1,6,8-9H2,2-4H3,(H,18,19)/t11-,12+,13?,16+/m0/s1. The maximum atomic E-state index is 11.8. The van der Waals surface area contributed by atoms with Crippen molar-refractivity contribution in [1.82, 2.24) is 0 Å². The summed E-state index contributed by atoms with van der Waals surface area (Å²) in [6.07, 6.45) is 5.28. The summed E-state index contributed by atoms with van der Waals surface area (Å²) >= 11 is 0. The van der Waals surface area contributed by atoms with Crippen molar-refractivity contribution >= 4 is 5.97 Å². The van der Waals surface area contributed by atoms with E-state index in [1.807, 2.05) is 26.8 Å². The molecule has 0 radical (unpaired) electrons. The Morgan fingerprint density at radius 2 is 2.29 bits per heavy atom. The highest BCUT2D eigenvalue weighted by molar-refractivity contribution is 5.72. The zero-order chi connectivity index (χ0) is 16.0. The van der Waals surface area contributed by atoms with Crippen molar-refractivity contribution in [1.29, 1.82) is 0 Å². The average molecular weight is 293 g/mol. The molecule has 0 aromatic carbocycles. The third-order valence-electron chi connectivity index (χ3n) is 5.08. The number of carboxylic acid groups (broad SMARTS) is 1. The van der Waals surface area contributed by atoms with E-state index >= 15 is 0 Å². The molecule has 0 aromatic heterocycles. The van der Waals surface area contributed by atoms with E-state index < -0.39 is 22.7 Å². The first-order chi connectivity index (χ1) is 9.61. The number of aliphatic carboxylic acids is 1. The average Bonchev–Trinajstić information content (AvgIpc) is 2.63. The summed E-state index contributed by atoms with van der Waals surface area (Å²) in [6, 6.07) is 0. The first-order valence-electron chi connectivity index (χ1n) is 7.29. The van der Waals surface area contributed by atoms with Crippen LogP contribution >= 0.6 is 0 Å². The SMILES string of the molecule is C=CC1=C[C@@H]2[C@@H](C1)C[C@]2(C[N+](=O)[O-])C(C(=O)O)C(C)(C)C. The molecular formula is C16H23NO4. The fourth-order valence-electron chi connectivity index (χ4n) is 4.60. The van der Waals surface area contributed by atoms with Crippen molar-refractivity contribution < 1.29 is 14.8 Å². The van der Waals surface area contributed by atoms with Crippen molar-refractivity contribution in [3.8, 4) is 0 Å². The highest BCUT2D eigenvalue weighted by atomic mass is 16.6. The third-order valence-corrected chi connectivity index (χ3v) is 5.08. The van der Waals surface area contributed by atoms with E-state index in [9.17, 15) is 20.0 Å². The van der Waals surface area contributed by atoms with Crippen LogP contribution in [0, 0.1) is 38.7 Å². The van der Waals surface area contributed by atoms with Crippen LogP contribution < -0.4 is 0 Å². The summed E-state index contributed by atoms with van der Waals surface area (Å²) in [5.74, 6) is -1.33. The number of nitro groups is 1. The van der Waals surface area contributed by atoms with Crippen LogP contribution in [0.15, 0.2) is 24.3 Å². The Morgan fingerprint density at radius 3 is 2.71 bits per heavy atom. The molecule has 2 aliphatic rings. The number of fused-ring (bicyclic) bond motifs is 1. The monoisotopic (exact) mass is 293 g/mol. The molecule has 1 N–H and O–H groups in total. The lowest BCUT2D eigenvalue weighted by Crippen LogP contribution is -2.59. The topological polar surface area (TPSA) is 80.4 Å². The number of carboxylic acids is 1. The van der Waals surface area contributed by atoms with Crippen molar-refractivity contribution in [3.63, 3.8) is 0 Å². The molecule has 1 saturated carbocycles. The molecule has 0 amide bonds. The predicted octanol–water partition coefficient (Wildman–Crippen LogP) is 3.15. The van der Waals surface area contributed by atoms with Gasteiger partial charge in [-0.3, -0.25) is 14.9 Å². The second kappa shape index (κ2) is 4.97. The minimum absolute atomic E-state index is 0.0174. The van der Waals surface area contributed by atoms with Crippen LogP contribution in [0.4, 0.5) is 0 Å². The summed E-state index contributed by atoms with van der Waals surface area (Å²) in [7, 11) is 0. The molecule has 21 heavy (non-hydrogen) atoms. The van der Waals surface area contributed by atoms with E-state index in [4.69, 9.17) is 0 Å². The van der Waals surface area contributed by atoms with Gasteiger partial charge in [0.15, 0.2) is 0 Å². The van der Waals surface area contributed by atoms with E-state index in [0.717, 1.165) is 12.0 Å². The Hall–Kier alpha value is -1.65. The van der Waals surface area contributed by atoms with Crippen molar-refractivity contribution in [2.75, 3.05) is 6.54 Å². The molecule has 1 unspecified atom stereocenters. The van der Waals surface area contributed by atoms with Crippen molar-refractivity contribution in [3.05, 3.63) is 34.4 Å². The molecule has 0 heterocycles. The van der Waals surface area contributed by atoms with Gasteiger partial charge in [0.25, 0.3) is 0 Å². The summed E-state index contributed by atoms with van der Waals surface area (Å²) < 4.78 is 0. The Bertz CT molecular complexity index is 517. The van der Waals surface area contributed by atoms with E-state index in [2.05, 4.69) is 6.58 Å². The van der Waals surface area contributed by atoms with Crippen LogP contribution in [0.25, 0.3) is 0 Å². The van der Waals surface area contributed by atoms with Gasteiger partial charge in [-0.15, -0.1) is 0 Å². The number of allylic oxidation sites excluding steroid dienone is 3. The number of rotatable bonds is 5. The van der Waals surface area contributed by atoms with Crippen LogP contribution in [-0.4, -0.2) is 22.5 Å². The molecule has 116 valence electrons. The van der Waals surface area contributed by atoms with Gasteiger partial charge in [0.1, 0.15) is 0 Å². The fraction of sp³-hybridized carbons (Fsp3) is 0.688. The quantitative estimate of drug-likeness (QED) is 0.623. The molecule has 5 heteroatoms. The molecule has 0 spiro atoms. The molecular weight excluding hydrogens is 270 g/mol. The zero-order valence-corrected chi connectivity index (χ0v) is 12.8. The molecule has 0 aromatic rings. The van der Waals surface area contributed by atoms with Gasteiger partial charge in [-0.25, -0.2) is 0 Å². The summed E-state index contributed by atoms with van der Waals surface area (Å²) in [4.78, 5) is 22.7. The first-order valence-corrected chi connectivity index (χ1v) is 7.29. The lowest BCUT2D eigenvalue weighted by molar-refractivity contribution is -0.510. The highest BCUT2D eigenvalue weighted by Gasteiger charge is 2.65. The number of nitrogens with zero attached hydrogens (tertiary/aromatic N) is 1. The van der Waals surface area contributed by atoms with Gasteiger partial charge in [-0.2, -0.15) is 0 Å². The fourth-order valence-corrected chi connectivity index (χ4v) is 4.60. The van der Waals surface area contributed by atoms with Gasteiger partial charge in [-0.1, -0.05) is 45.1 Å². The van der Waals surface area contributed by atoms with Gasteiger partial charge in [-0.05, 0) is 30.1 Å². The third kappa shape index (κ3) is 2.49. The van der Waals surface area contributed by atoms with Gasteiger partial charge < -0.3 is 5.11 Å². The molecule has 0 saturated heterocycles. The number of hydrogen-bond donors (Lipinski definition) is 1. The zero-order valence-electron chi connectivity index (χ0n) is 12.8. The molecule has 5 nitrogen and oxygen atoms in total. The molecule has 2 rings (SSSR count). The molecule has 4 atom stereocenters. The first kappa shape index (κ1) is 15.7. The summed E-state index contributed by atoms with van der Waals surface area (Å²) in [5.41, 5.74) is -0.200. The van der Waals surface area contributed by atoms with Gasteiger partial charge in [0, 0.05) is 4.92 Å². The summed E-state index contributed by atoms with van der Waals surface area (Å²) in [6.45, 7) is 9.05. The predicted molar refractivity (Wildman–Crippen MR) is 79.4 cm³/mol. The minimum atomic E-state index is -0.928. The Labute approximate surface area is 124 Å². The largest absolute Gasteiger partial charge is 0.481 e. The molecule has 0 bridgehead atoms. The van der Waals surface area contributed by atoms with Gasteiger partial charge >= 0.3 is 5.97 Å². The molecule has 2 aliphatic carbocycles. The normalized spacial score (nSPS) is 32.6. The number of hydrogen-bond acceptors (Lipinski definition) is 3. The second-order valence-electron chi connectivity index (χ2n) is 7.50. The van der Waals surface area contributed by atoms with Gasteiger partial charge in [0.2, 0.25) is 6.54 Å². The lowest BCUT2D eigenvalue weighted by atomic mass is 9.46. The van der Waals surface area contributed by atoms with E-state index in [1.165, 1.54) is 0 Å². The highest BCUT2D eigenvalue weighted by Crippen LogP contribution is 2.64. The molecule has 0 aliphatic heterocycles. The van der Waals surface area contributed by atoms with Crippen LogP contribution in [-0.2, 0) is 4.79 Å². The van der Waals surface area contributed by atoms with E-state index in [-0.39, 0.29) is 17.4 Å². The van der Waals surface area contributed by atoms with Crippen LogP contribution in [0.5, 0.6) is 0 Å². The van der Waals surface area contributed by atoms with Crippen LogP contribution in [0.1, 0.15) is 33.6 Å². The Morgan fingerprint density at radius 1 is 1.67 bits per heavy atom. The Balaban J connectivity index is 2.44. The molecule has 1 fully saturated rings. The second-order valence-corrected chi connectivity index (χ2v) is 7.50. The Kier molecular flexibility index (Phi) is 3.72. The summed E-state index contributed by atoms with van der Waals surface area (Å²) in [5, 5.41) is 20.9. The van der Waals surface area contributed by atoms with Crippen LogP contribution in [0.2, 0.25) is 0 Å². The van der Waals surface area contributed by atoms with Crippen LogP contribution in [0.3, 0.4) is 0 Å². The smallest absolute Gasteiger partial charge is 0.307 e. The van der Waals surface area contributed by atoms with Crippen molar-refractivity contribution in [2.45, 2.75) is 33.6 Å². The van der Waals surface area contributed by atoms with E-state index in [0.29, 0.717) is 12.3 Å². The maximum Gasteiger partial charge on any atom is 0.307 e. The number of carbonyl (C=O) groups is 1. The van der Waals surface area contributed by atoms with Crippen molar-refractivity contribution in [2.24, 2.45) is 28.6 Å². The van der Waals surface area contributed by atoms with E-state index in [1.54, 1.807) is 6.08 Å². The van der Waals surface area contributed by atoms with Gasteiger partial charge in [0.05, 0.1) is 11.3 Å². The minimum Gasteiger partial charge on any atom is -0.481 e.